The first-order valence-electron chi connectivity index (χ1n) is 9.59. The molecule has 1 aliphatic rings. The number of carbonyl (C=O) groups is 2. The number of anilines is 1. The number of aryl methyl sites for hydroxylation is 3. The van der Waals surface area contributed by atoms with Gasteiger partial charge in [0.2, 0.25) is 0 Å². The van der Waals surface area contributed by atoms with Gasteiger partial charge in [-0.1, -0.05) is 35.9 Å². The van der Waals surface area contributed by atoms with Gasteiger partial charge in [-0.15, -0.1) is 0 Å². The van der Waals surface area contributed by atoms with Crippen LogP contribution in [-0.4, -0.2) is 16.7 Å². The Kier molecular flexibility index (Phi) is 5.22. The van der Waals surface area contributed by atoms with Crippen LogP contribution in [-0.2, 0) is 16.1 Å². The number of imide groups is 1. The van der Waals surface area contributed by atoms with Gasteiger partial charge in [0.25, 0.3) is 11.8 Å². The second-order valence-electron chi connectivity index (χ2n) is 7.41. The van der Waals surface area contributed by atoms with Crippen molar-refractivity contribution in [2.75, 3.05) is 5.32 Å². The summed E-state index contributed by atoms with van der Waals surface area (Å²) in [4.78, 5) is 27.7. The molecule has 0 spiro atoms. The van der Waals surface area contributed by atoms with E-state index < -0.39 is 5.91 Å². The largest absolute Gasteiger partial charge is 0.467 e. The molecule has 0 saturated carbocycles. The molecule has 0 aliphatic carbocycles. The predicted octanol–water partition coefficient (Wildman–Crippen LogP) is 5.25. The van der Waals surface area contributed by atoms with E-state index in [1.807, 2.05) is 51.1 Å². The molecule has 30 heavy (non-hydrogen) atoms. The third-order valence-corrected chi connectivity index (χ3v) is 5.71. The van der Waals surface area contributed by atoms with Crippen LogP contribution in [0.15, 0.2) is 64.9 Å². The minimum absolute atomic E-state index is 0.0683. The molecule has 1 aliphatic heterocycles. The first-order valence-corrected chi connectivity index (χ1v) is 9.96. The Labute approximate surface area is 180 Å². The van der Waals surface area contributed by atoms with E-state index in [0.717, 1.165) is 16.7 Å². The Morgan fingerprint density at radius 3 is 2.37 bits per heavy atom. The molecule has 0 bridgehead atoms. The molecule has 6 heteroatoms. The van der Waals surface area contributed by atoms with Crippen molar-refractivity contribution in [2.24, 2.45) is 0 Å². The smallest absolute Gasteiger partial charge is 0.278 e. The summed E-state index contributed by atoms with van der Waals surface area (Å²) in [5.41, 5.74) is 4.99. The van der Waals surface area contributed by atoms with E-state index in [1.165, 1.54) is 11.2 Å². The van der Waals surface area contributed by atoms with Crippen LogP contribution in [0.25, 0.3) is 5.57 Å². The van der Waals surface area contributed by atoms with Crippen molar-refractivity contribution in [3.8, 4) is 0 Å². The van der Waals surface area contributed by atoms with Gasteiger partial charge in [-0.25, -0.2) is 0 Å². The summed E-state index contributed by atoms with van der Waals surface area (Å²) in [6.07, 6.45) is 1.52. The van der Waals surface area contributed by atoms with Crippen molar-refractivity contribution in [3.05, 3.63) is 93.5 Å². The molecular formula is C24H21ClN2O3. The average Bonchev–Trinajstić information content (AvgIpc) is 3.30. The Morgan fingerprint density at radius 2 is 1.70 bits per heavy atom. The van der Waals surface area contributed by atoms with Gasteiger partial charge >= 0.3 is 0 Å². The third kappa shape index (κ3) is 3.64. The van der Waals surface area contributed by atoms with Gasteiger partial charge in [0.1, 0.15) is 11.5 Å². The molecule has 0 atom stereocenters. The van der Waals surface area contributed by atoms with Crippen LogP contribution in [0.2, 0.25) is 5.02 Å². The third-order valence-electron chi connectivity index (χ3n) is 5.30. The number of benzene rings is 2. The van der Waals surface area contributed by atoms with Gasteiger partial charge in [0, 0.05) is 10.7 Å². The summed E-state index contributed by atoms with van der Waals surface area (Å²) in [7, 11) is 0. The zero-order valence-electron chi connectivity index (χ0n) is 17.0. The number of rotatable bonds is 5. The van der Waals surface area contributed by atoms with E-state index in [4.69, 9.17) is 16.0 Å². The molecule has 152 valence electrons. The highest BCUT2D eigenvalue weighted by Gasteiger charge is 2.39. The fourth-order valence-electron chi connectivity index (χ4n) is 3.37. The molecular weight excluding hydrogens is 400 g/mol. The molecule has 0 fully saturated rings. The average molecular weight is 421 g/mol. The maximum atomic E-state index is 13.3. The van der Waals surface area contributed by atoms with Gasteiger partial charge in [-0.3, -0.25) is 14.5 Å². The SMILES string of the molecule is Cc1ccc(C2=C(Nc3ccc(C)c(Cl)c3)C(=O)N(Cc3ccco3)C2=O)cc1C. The lowest BCUT2D eigenvalue weighted by Crippen LogP contribution is -2.31. The molecule has 2 aromatic carbocycles. The van der Waals surface area contributed by atoms with Crippen molar-refractivity contribution < 1.29 is 14.0 Å². The zero-order chi connectivity index (χ0) is 21.4. The molecule has 1 N–H and O–H groups in total. The highest BCUT2D eigenvalue weighted by atomic mass is 35.5. The number of amides is 2. The zero-order valence-corrected chi connectivity index (χ0v) is 17.7. The summed E-state index contributed by atoms with van der Waals surface area (Å²) < 4.78 is 5.35. The Balaban J connectivity index is 1.78. The minimum Gasteiger partial charge on any atom is -0.467 e. The lowest BCUT2D eigenvalue weighted by Gasteiger charge is -2.14. The quantitative estimate of drug-likeness (QED) is 0.572. The standard InChI is InChI=1S/C24H21ClN2O3/c1-14-6-8-17(11-16(14)3)21-22(26-18-9-7-15(2)20(25)12-18)24(29)27(23(21)28)13-19-5-4-10-30-19/h4-12,26H,13H2,1-3H3. The van der Waals surface area contributed by atoms with Gasteiger partial charge in [-0.05, 0) is 67.3 Å². The maximum Gasteiger partial charge on any atom is 0.278 e. The van der Waals surface area contributed by atoms with Crippen LogP contribution in [0.4, 0.5) is 5.69 Å². The van der Waals surface area contributed by atoms with Crippen LogP contribution in [0, 0.1) is 20.8 Å². The molecule has 2 heterocycles. The molecule has 5 nitrogen and oxygen atoms in total. The van der Waals surface area contributed by atoms with E-state index in [2.05, 4.69) is 5.32 Å². The summed E-state index contributed by atoms with van der Waals surface area (Å²) in [5.74, 6) is -0.225. The molecule has 0 saturated heterocycles. The highest BCUT2D eigenvalue weighted by molar-refractivity contribution is 6.36. The maximum absolute atomic E-state index is 13.3. The van der Waals surface area contributed by atoms with Gasteiger partial charge in [-0.2, -0.15) is 0 Å². The Hall–Kier alpha value is -3.31. The predicted molar refractivity (Wildman–Crippen MR) is 117 cm³/mol. The van der Waals surface area contributed by atoms with Crippen LogP contribution in [0.5, 0.6) is 0 Å². The van der Waals surface area contributed by atoms with Gasteiger partial charge in [0.05, 0.1) is 18.4 Å². The Bertz CT molecular complexity index is 1180. The molecule has 1 aromatic heterocycles. The number of nitrogens with zero attached hydrogens (tertiary/aromatic N) is 1. The second-order valence-corrected chi connectivity index (χ2v) is 7.82. The monoisotopic (exact) mass is 420 g/mol. The molecule has 0 radical (unpaired) electrons. The summed E-state index contributed by atoms with van der Waals surface area (Å²) in [6.45, 7) is 5.96. The van der Waals surface area contributed by atoms with Crippen molar-refractivity contribution >= 4 is 34.7 Å². The number of hydrogen-bond donors (Lipinski definition) is 1. The first kappa shape index (κ1) is 20.0. The lowest BCUT2D eigenvalue weighted by molar-refractivity contribution is -0.137. The number of furan rings is 1. The van der Waals surface area contributed by atoms with Crippen molar-refractivity contribution in [1.82, 2.24) is 4.90 Å². The van der Waals surface area contributed by atoms with E-state index in [9.17, 15) is 9.59 Å². The van der Waals surface area contributed by atoms with E-state index in [0.29, 0.717) is 27.6 Å². The van der Waals surface area contributed by atoms with Crippen LogP contribution in [0.1, 0.15) is 28.0 Å². The number of halogens is 1. The summed E-state index contributed by atoms with van der Waals surface area (Å²) >= 11 is 6.25. The van der Waals surface area contributed by atoms with Crippen LogP contribution in [0.3, 0.4) is 0 Å². The van der Waals surface area contributed by atoms with Crippen molar-refractivity contribution in [3.63, 3.8) is 0 Å². The van der Waals surface area contributed by atoms with Crippen molar-refractivity contribution in [2.45, 2.75) is 27.3 Å². The lowest BCUT2D eigenvalue weighted by atomic mass is 9.99. The van der Waals surface area contributed by atoms with Gasteiger partial charge < -0.3 is 9.73 Å². The summed E-state index contributed by atoms with van der Waals surface area (Å²) in [5, 5.41) is 3.71. The Morgan fingerprint density at radius 1 is 0.933 bits per heavy atom. The van der Waals surface area contributed by atoms with Crippen LogP contribution >= 0.6 is 11.6 Å². The summed E-state index contributed by atoms with van der Waals surface area (Å²) in [6, 6.07) is 14.6. The normalized spacial score (nSPS) is 14.1. The molecule has 4 rings (SSSR count). The fraction of sp³-hybridized carbons (Fsp3) is 0.167. The number of hydrogen-bond acceptors (Lipinski definition) is 4. The molecule has 0 unspecified atom stereocenters. The van der Waals surface area contributed by atoms with Crippen LogP contribution < -0.4 is 5.32 Å². The van der Waals surface area contributed by atoms with E-state index >= 15 is 0 Å². The number of nitrogens with one attached hydrogen (secondary N) is 1. The van der Waals surface area contributed by atoms with E-state index in [-0.39, 0.29) is 18.1 Å². The minimum atomic E-state index is -0.402. The second kappa shape index (κ2) is 7.84. The fourth-order valence-corrected chi connectivity index (χ4v) is 3.55. The number of carbonyl (C=O) groups excluding carboxylic acids is 2. The van der Waals surface area contributed by atoms with Gasteiger partial charge in [0.15, 0.2) is 0 Å². The first-order chi connectivity index (χ1) is 14.3. The topological polar surface area (TPSA) is 62.6 Å². The highest BCUT2D eigenvalue weighted by Crippen LogP contribution is 2.33. The van der Waals surface area contributed by atoms with Crippen molar-refractivity contribution in [1.29, 1.82) is 0 Å². The molecule has 2 amide bonds. The molecule has 3 aromatic rings. The van der Waals surface area contributed by atoms with E-state index in [1.54, 1.807) is 18.2 Å².